The summed E-state index contributed by atoms with van der Waals surface area (Å²) in [5, 5.41) is 3.60. The number of methoxy groups -OCH3 is 1. The Morgan fingerprint density at radius 3 is 2.82 bits per heavy atom. The van der Waals surface area contributed by atoms with Crippen LogP contribution in [-0.2, 0) is 0 Å². The van der Waals surface area contributed by atoms with Gasteiger partial charge in [-0.05, 0) is 36.6 Å². The summed E-state index contributed by atoms with van der Waals surface area (Å²) in [5.41, 5.74) is 1.37. The summed E-state index contributed by atoms with van der Waals surface area (Å²) in [7, 11) is 1.76. The van der Waals surface area contributed by atoms with E-state index >= 15 is 0 Å². The minimum atomic E-state index is 0.679. The molecule has 0 aliphatic heterocycles. The second kappa shape index (κ2) is 6.31. The molecule has 0 atom stereocenters. The zero-order valence-corrected chi connectivity index (χ0v) is 11.4. The van der Waals surface area contributed by atoms with Crippen LogP contribution in [0.4, 0.5) is 0 Å². The predicted molar refractivity (Wildman–Crippen MR) is 75.1 cm³/mol. The Bertz CT molecular complexity index is 350. The molecule has 0 saturated heterocycles. The van der Waals surface area contributed by atoms with Crippen molar-refractivity contribution in [2.45, 2.75) is 24.8 Å². The second-order valence-electron chi connectivity index (χ2n) is 4.55. The fourth-order valence-electron chi connectivity index (χ4n) is 2.41. The first-order chi connectivity index (χ1) is 8.35. The van der Waals surface area contributed by atoms with Crippen LogP contribution in [-0.4, -0.2) is 31.7 Å². The van der Waals surface area contributed by atoms with Crippen LogP contribution in [0, 0.1) is 0 Å². The third kappa shape index (κ3) is 3.17. The minimum Gasteiger partial charge on any atom is -0.496 e. The van der Waals surface area contributed by atoms with Crippen LogP contribution in [0.2, 0.25) is 0 Å². The zero-order chi connectivity index (χ0) is 12.1. The number of ether oxygens (including phenoxy) is 1. The van der Waals surface area contributed by atoms with E-state index in [9.17, 15) is 0 Å². The Balaban J connectivity index is 1.82. The molecule has 3 heteroatoms. The molecule has 0 spiro atoms. The molecule has 1 aromatic carbocycles. The van der Waals surface area contributed by atoms with Gasteiger partial charge in [-0.25, -0.2) is 0 Å². The summed E-state index contributed by atoms with van der Waals surface area (Å²) < 4.78 is 5.41. The van der Waals surface area contributed by atoms with E-state index < -0.39 is 0 Å². The summed E-state index contributed by atoms with van der Waals surface area (Å²) in [4.78, 5) is 0. The van der Waals surface area contributed by atoms with Crippen molar-refractivity contribution in [2.24, 2.45) is 0 Å². The normalized spacial score (nSPS) is 23.2. The third-order valence-corrected chi connectivity index (χ3v) is 4.07. The molecule has 0 amide bonds. The van der Waals surface area contributed by atoms with Crippen molar-refractivity contribution in [1.29, 1.82) is 0 Å². The molecule has 0 radical (unpaired) electrons. The average Bonchev–Trinajstić information content (AvgIpc) is 2.32. The van der Waals surface area contributed by atoms with Gasteiger partial charge >= 0.3 is 0 Å². The van der Waals surface area contributed by atoms with Crippen molar-refractivity contribution in [2.75, 3.05) is 25.7 Å². The van der Waals surface area contributed by atoms with E-state index in [4.69, 9.17) is 4.74 Å². The maximum absolute atomic E-state index is 5.41. The van der Waals surface area contributed by atoms with Gasteiger partial charge in [0.2, 0.25) is 0 Å². The molecule has 1 fully saturated rings. The molecule has 2 nitrogen and oxygen atoms in total. The largest absolute Gasteiger partial charge is 0.496 e. The molecular weight excluding hydrogens is 230 g/mol. The van der Waals surface area contributed by atoms with E-state index in [1.54, 1.807) is 7.11 Å². The summed E-state index contributed by atoms with van der Waals surface area (Å²) >= 11 is 1.90. The summed E-state index contributed by atoms with van der Waals surface area (Å²) in [6.45, 7) is 1.13. The lowest BCUT2D eigenvalue weighted by Crippen LogP contribution is -2.41. The summed E-state index contributed by atoms with van der Waals surface area (Å²) in [6, 6.07) is 9.10. The predicted octanol–water partition coefficient (Wildman–Crippen LogP) is 2.89. The molecule has 1 aromatic rings. The summed E-state index contributed by atoms with van der Waals surface area (Å²) in [6.07, 6.45) is 4.64. The van der Waals surface area contributed by atoms with E-state index in [0.717, 1.165) is 12.3 Å². The quantitative estimate of drug-likeness (QED) is 0.786. The highest BCUT2D eigenvalue weighted by Crippen LogP contribution is 2.40. The van der Waals surface area contributed by atoms with Crippen molar-refractivity contribution in [3.8, 4) is 5.75 Å². The SMILES string of the molecule is COc1ccccc1C1CC(NCCSC)C1. The zero-order valence-electron chi connectivity index (χ0n) is 10.6. The molecule has 0 bridgehead atoms. The minimum absolute atomic E-state index is 0.679. The lowest BCUT2D eigenvalue weighted by molar-refractivity contribution is 0.288. The number of para-hydroxylation sites is 1. The van der Waals surface area contributed by atoms with Crippen molar-refractivity contribution in [1.82, 2.24) is 5.32 Å². The molecule has 1 saturated carbocycles. The van der Waals surface area contributed by atoms with Gasteiger partial charge in [0.05, 0.1) is 7.11 Å². The average molecular weight is 251 g/mol. The maximum atomic E-state index is 5.41. The first-order valence-electron chi connectivity index (χ1n) is 6.20. The van der Waals surface area contributed by atoms with Gasteiger partial charge in [0.1, 0.15) is 5.75 Å². The van der Waals surface area contributed by atoms with Crippen LogP contribution in [0.15, 0.2) is 24.3 Å². The van der Waals surface area contributed by atoms with E-state index in [2.05, 4.69) is 29.8 Å². The highest BCUT2D eigenvalue weighted by molar-refractivity contribution is 7.98. The Morgan fingerprint density at radius 1 is 1.35 bits per heavy atom. The molecule has 0 heterocycles. The number of hydrogen-bond acceptors (Lipinski definition) is 3. The highest BCUT2D eigenvalue weighted by Gasteiger charge is 2.31. The van der Waals surface area contributed by atoms with Gasteiger partial charge in [0.15, 0.2) is 0 Å². The highest BCUT2D eigenvalue weighted by atomic mass is 32.2. The Labute approximate surface area is 108 Å². The van der Waals surface area contributed by atoms with Gasteiger partial charge in [0, 0.05) is 18.3 Å². The molecule has 1 aliphatic rings. The number of benzene rings is 1. The topological polar surface area (TPSA) is 21.3 Å². The number of rotatable bonds is 6. The molecule has 1 aliphatic carbocycles. The van der Waals surface area contributed by atoms with Gasteiger partial charge in [-0.1, -0.05) is 18.2 Å². The molecule has 0 unspecified atom stereocenters. The van der Waals surface area contributed by atoms with Crippen LogP contribution in [0.1, 0.15) is 24.3 Å². The smallest absolute Gasteiger partial charge is 0.122 e. The van der Waals surface area contributed by atoms with E-state index in [0.29, 0.717) is 12.0 Å². The molecule has 2 rings (SSSR count). The van der Waals surface area contributed by atoms with Crippen LogP contribution in [0.3, 0.4) is 0 Å². The van der Waals surface area contributed by atoms with E-state index in [1.807, 2.05) is 17.8 Å². The van der Waals surface area contributed by atoms with Crippen molar-refractivity contribution in [3.63, 3.8) is 0 Å². The number of hydrogen-bond donors (Lipinski definition) is 1. The molecular formula is C14H21NOS. The molecule has 1 N–H and O–H groups in total. The number of nitrogens with one attached hydrogen (secondary N) is 1. The van der Waals surface area contributed by atoms with Crippen molar-refractivity contribution in [3.05, 3.63) is 29.8 Å². The first-order valence-corrected chi connectivity index (χ1v) is 7.59. The van der Waals surface area contributed by atoms with Gasteiger partial charge < -0.3 is 10.1 Å². The van der Waals surface area contributed by atoms with Gasteiger partial charge in [-0.3, -0.25) is 0 Å². The number of thioether (sulfide) groups is 1. The maximum Gasteiger partial charge on any atom is 0.122 e. The lowest BCUT2D eigenvalue weighted by Gasteiger charge is -2.37. The molecule has 17 heavy (non-hydrogen) atoms. The first kappa shape index (κ1) is 12.8. The molecule has 0 aromatic heterocycles. The Hall–Kier alpha value is -0.670. The Kier molecular flexibility index (Phi) is 4.75. The van der Waals surface area contributed by atoms with Crippen LogP contribution in [0.25, 0.3) is 0 Å². The standard InChI is InChI=1S/C14H21NOS/c1-16-14-6-4-3-5-13(14)11-9-12(10-11)15-7-8-17-2/h3-6,11-12,15H,7-10H2,1-2H3. The Morgan fingerprint density at radius 2 is 2.12 bits per heavy atom. The second-order valence-corrected chi connectivity index (χ2v) is 5.54. The third-order valence-electron chi connectivity index (χ3n) is 3.46. The van der Waals surface area contributed by atoms with Gasteiger partial charge in [-0.15, -0.1) is 0 Å². The fraction of sp³-hybridized carbons (Fsp3) is 0.571. The van der Waals surface area contributed by atoms with E-state index in [1.165, 1.54) is 24.2 Å². The van der Waals surface area contributed by atoms with Crippen LogP contribution >= 0.6 is 11.8 Å². The fourth-order valence-corrected chi connectivity index (χ4v) is 2.73. The van der Waals surface area contributed by atoms with E-state index in [-0.39, 0.29) is 0 Å². The summed E-state index contributed by atoms with van der Waals surface area (Å²) in [5.74, 6) is 2.92. The van der Waals surface area contributed by atoms with Gasteiger partial charge in [0.25, 0.3) is 0 Å². The van der Waals surface area contributed by atoms with Crippen molar-refractivity contribution < 1.29 is 4.74 Å². The van der Waals surface area contributed by atoms with Crippen LogP contribution < -0.4 is 10.1 Å². The lowest BCUT2D eigenvalue weighted by atomic mass is 9.75. The molecule has 94 valence electrons. The van der Waals surface area contributed by atoms with Gasteiger partial charge in [-0.2, -0.15) is 11.8 Å². The van der Waals surface area contributed by atoms with Crippen molar-refractivity contribution >= 4 is 11.8 Å². The van der Waals surface area contributed by atoms with Crippen LogP contribution in [0.5, 0.6) is 5.75 Å². The monoisotopic (exact) mass is 251 g/mol.